The van der Waals surface area contributed by atoms with Gasteiger partial charge in [0.15, 0.2) is 0 Å². The van der Waals surface area contributed by atoms with Crippen LogP contribution in [0, 0.1) is 0 Å². The number of hydrogen-bond donors (Lipinski definition) is 3. The molecule has 0 aliphatic heterocycles. The fourth-order valence-corrected chi connectivity index (χ4v) is 1.15. The number of nitrogens with zero attached hydrogens (tertiary/aromatic N) is 1. The third-order valence-corrected chi connectivity index (χ3v) is 1.84. The molecule has 1 aromatic carbocycles. The van der Waals surface area contributed by atoms with Crippen molar-refractivity contribution in [3.05, 3.63) is 53.2 Å². The number of fused-ring (bicyclic) bond motifs is 1. The topological polar surface area (TPSA) is 77.3 Å². The molecule has 0 saturated carbocycles. The first-order chi connectivity index (χ1) is 7.36. The minimum Gasteiger partial charge on any atom is -0.345 e. The molecule has 3 aromatic rings. The Morgan fingerprint density at radius 3 is 2.60 bits per heavy atom. The molecule has 0 bridgehead atoms. The Kier molecular flexibility index (Phi) is 2.64. The lowest BCUT2D eigenvalue weighted by atomic mass is 10.3. The van der Waals surface area contributed by atoms with E-state index in [0.29, 0.717) is 0 Å². The summed E-state index contributed by atoms with van der Waals surface area (Å²) in [4.78, 5) is 17.1. The molecule has 0 aliphatic carbocycles. The summed E-state index contributed by atoms with van der Waals surface area (Å²) in [7, 11) is 0. The number of H-pyrrole nitrogens is 3. The van der Waals surface area contributed by atoms with Crippen molar-refractivity contribution in [3.63, 3.8) is 0 Å². The Morgan fingerprint density at radius 2 is 2.00 bits per heavy atom. The van der Waals surface area contributed by atoms with E-state index in [9.17, 15) is 4.79 Å². The Bertz CT molecular complexity index is 531. The lowest BCUT2D eigenvalue weighted by Gasteiger charge is -1.81. The summed E-state index contributed by atoms with van der Waals surface area (Å²) in [6.45, 7) is 0. The predicted molar refractivity (Wildman–Crippen MR) is 57.5 cm³/mol. The van der Waals surface area contributed by atoms with Gasteiger partial charge in [-0.3, -0.25) is 9.89 Å². The zero-order chi connectivity index (χ0) is 10.5. The van der Waals surface area contributed by atoms with E-state index in [1.807, 2.05) is 24.3 Å². The second kappa shape index (κ2) is 4.28. The highest BCUT2D eigenvalue weighted by atomic mass is 16.1. The van der Waals surface area contributed by atoms with Crippen LogP contribution >= 0.6 is 0 Å². The molecule has 3 rings (SSSR count). The number of benzene rings is 1. The summed E-state index contributed by atoms with van der Waals surface area (Å²) in [5.74, 6) is 0. The van der Waals surface area contributed by atoms with Crippen molar-refractivity contribution in [2.75, 3.05) is 0 Å². The lowest BCUT2D eigenvalue weighted by Crippen LogP contribution is -1.93. The van der Waals surface area contributed by atoms with Gasteiger partial charge < -0.3 is 10.1 Å². The molecule has 76 valence electrons. The molecule has 5 heteroatoms. The molecule has 0 unspecified atom stereocenters. The number of imidazole rings is 1. The minimum absolute atomic E-state index is 0.0880. The first-order valence-corrected chi connectivity index (χ1v) is 4.46. The van der Waals surface area contributed by atoms with E-state index in [1.165, 1.54) is 6.07 Å². The van der Waals surface area contributed by atoms with Gasteiger partial charge in [-0.1, -0.05) is 12.1 Å². The SMILES string of the molecule is O=c1cc[nH][nH]1.c1ccc2[nH]cnc2c1. The van der Waals surface area contributed by atoms with Crippen LogP contribution in [-0.4, -0.2) is 20.2 Å². The Labute approximate surface area is 85.2 Å². The van der Waals surface area contributed by atoms with E-state index in [-0.39, 0.29) is 5.56 Å². The van der Waals surface area contributed by atoms with Crippen LogP contribution in [0.5, 0.6) is 0 Å². The highest BCUT2D eigenvalue weighted by molar-refractivity contribution is 5.73. The number of hydrogen-bond acceptors (Lipinski definition) is 2. The Balaban J connectivity index is 0.000000124. The third kappa shape index (κ3) is 2.34. The quantitative estimate of drug-likeness (QED) is 0.513. The van der Waals surface area contributed by atoms with Crippen molar-refractivity contribution in [1.82, 2.24) is 20.2 Å². The summed E-state index contributed by atoms with van der Waals surface area (Å²) in [5, 5.41) is 4.81. The molecule has 15 heavy (non-hydrogen) atoms. The standard InChI is InChI=1S/C7H6N2.C3H4N2O/c1-2-4-7-6(3-1)8-5-9-7;6-3-1-2-4-5-3/h1-5H,(H,8,9);1-2H,(H2,4,5,6). The van der Waals surface area contributed by atoms with Crippen LogP contribution in [0.1, 0.15) is 0 Å². The normalized spacial score (nSPS) is 9.60. The van der Waals surface area contributed by atoms with Gasteiger partial charge >= 0.3 is 0 Å². The van der Waals surface area contributed by atoms with Crippen molar-refractivity contribution >= 4 is 11.0 Å². The summed E-state index contributed by atoms with van der Waals surface area (Å²) >= 11 is 0. The molecule has 0 saturated heterocycles. The number of rotatable bonds is 0. The fourth-order valence-electron chi connectivity index (χ4n) is 1.15. The summed E-state index contributed by atoms with van der Waals surface area (Å²) < 4.78 is 0. The molecule has 0 atom stereocenters. The molecule has 0 fully saturated rings. The molecule has 2 aromatic heterocycles. The molecular formula is C10H10N4O. The third-order valence-electron chi connectivity index (χ3n) is 1.84. The van der Waals surface area contributed by atoms with E-state index >= 15 is 0 Å². The summed E-state index contributed by atoms with van der Waals surface area (Å²) in [6.07, 6.45) is 3.24. The van der Waals surface area contributed by atoms with Crippen LogP contribution in [0.2, 0.25) is 0 Å². The highest BCUT2D eigenvalue weighted by Gasteiger charge is 1.88. The Morgan fingerprint density at radius 1 is 1.13 bits per heavy atom. The van der Waals surface area contributed by atoms with Crippen molar-refractivity contribution in [2.45, 2.75) is 0 Å². The van der Waals surface area contributed by atoms with Gasteiger partial charge in [0.05, 0.1) is 17.4 Å². The van der Waals surface area contributed by atoms with Crippen LogP contribution in [0.15, 0.2) is 47.7 Å². The summed E-state index contributed by atoms with van der Waals surface area (Å²) in [6, 6.07) is 9.36. The predicted octanol–water partition coefficient (Wildman–Crippen LogP) is 1.27. The molecule has 0 aliphatic rings. The van der Waals surface area contributed by atoms with Crippen LogP contribution in [0.3, 0.4) is 0 Å². The lowest BCUT2D eigenvalue weighted by molar-refractivity contribution is 1.06. The van der Waals surface area contributed by atoms with Crippen molar-refractivity contribution in [3.8, 4) is 0 Å². The second-order valence-electron chi connectivity index (χ2n) is 2.89. The van der Waals surface area contributed by atoms with Crippen LogP contribution in [0.4, 0.5) is 0 Å². The number of nitrogens with one attached hydrogen (secondary N) is 3. The van der Waals surface area contributed by atoms with Gasteiger partial charge in [0, 0.05) is 12.3 Å². The molecule has 0 radical (unpaired) electrons. The largest absolute Gasteiger partial charge is 0.345 e. The van der Waals surface area contributed by atoms with Crippen LogP contribution in [0.25, 0.3) is 11.0 Å². The summed E-state index contributed by atoms with van der Waals surface area (Å²) in [5.41, 5.74) is 2.03. The van der Waals surface area contributed by atoms with Crippen molar-refractivity contribution in [1.29, 1.82) is 0 Å². The Hall–Kier alpha value is -2.30. The van der Waals surface area contributed by atoms with E-state index in [0.717, 1.165) is 11.0 Å². The maximum atomic E-state index is 9.98. The maximum Gasteiger partial charge on any atom is 0.263 e. The van der Waals surface area contributed by atoms with E-state index in [4.69, 9.17) is 0 Å². The first-order valence-electron chi connectivity index (χ1n) is 4.46. The smallest absolute Gasteiger partial charge is 0.263 e. The zero-order valence-electron chi connectivity index (χ0n) is 7.90. The molecule has 0 spiro atoms. The first kappa shape index (κ1) is 9.26. The average Bonchev–Trinajstić information content (AvgIpc) is 2.88. The van der Waals surface area contributed by atoms with Gasteiger partial charge in [-0.15, -0.1) is 0 Å². The van der Waals surface area contributed by atoms with Crippen LogP contribution in [-0.2, 0) is 0 Å². The van der Waals surface area contributed by atoms with E-state index in [1.54, 1.807) is 12.5 Å². The van der Waals surface area contributed by atoms with Gasteiger partial charge in [0.2, 0.25) is 0 Å². The number of aromatic nitrogens is 4. The zero-order valence-corrected chi connectivity index (χ0v) is 7.90. The molecular weight excluding hydrogens is 192 g/mol. The molecule has 2 heterocycles. The monoisotopic (exact) mass is 202 g/mol. The van der Waals surface area contributed by atoms with E-state index in [2.05, 4.69) is 20.2 Å². The number of para-hydroxylation sites is 2. The fraction of sp³-hybridized carbons (Fsp3) is 0. The van der Waals surface area contributed by atoms with Gasteiger partial charge in [0.1, 0.15) is 0 Å². The van der Waals surface area contributed by atoms with Crippen LogP contribution < -0.4 is 5.56 Å². The molecule has 5 nitrogen and oxygen atoms in total. The van der Waals surface area contributed by atoms with Crippen molar-refractivity contribution in [2.24, 2.45) is 0 Å². The van der Waals surface area contributed by atoms with Gasteiger partial charge in [-0.2, -0.15) is 0 Å². The number of aromatic amines is 3. The molecule has 3 N–H and O–H groups in total. The van der Waals surface area contributed by atoms with Gasteiger partial charge in [0.25, 0.3) is 5.56 Å². The minimum atomic E-state index is -0.0880. The second-order valence-corrected chi connectivity index (χ2v) is 2.89. The molecule has 0 amide bonds. The van der Waals surface area contributed by atoms with E-state index < -0.39 is 0 Å². The van der Waals surface area contributed by atoms with Gasteiger partial charge in [-0.05, 0) is 12.1 Å². The van der Waals surface area contributed by atoms with Gasteiger partial charge in [-0.25, -0.2) is 4.98 Å². The van der Waals surface area contributed by atoms with Crippen molar-refractivity contribution < 1.29 is 0 Å². The maximum absolute atomic E-state index is 9.98. The highest BCUT2D eigenvalue weighted by Crippen LogP contribution is 2.05. The average molecular weight is 202 g/mol.